The molecule has 7 heteroatoms. The van der Waals surface area contributed by atoms with Crippen molar-refractivity contribution in [3.63, 3.8) is 0 Å². The molecule has 0 amide bonds. The Morgan fingerprint density at radius 2 is 2.15 bits per heavy atom. The number of ether oxygens (including phenoxy) is 1. The molecule has 2 aliphatic rings. The van der Waals surface area contributed by atoms with E-state index in [1.807, 2.05) is 11.3 Å². The fourth-order valence-electron chi connectivity index (χ4n) is 3.83. The maximum absolute atomic E-state index is 12.2. The number of aromatic amines is 1. The Balaban J connectivity index is 1.49. The van der Waals surface area contributed by atoms with Gasteiger partial charge in [-0.3, -0.25) is 14.7 Å². The molecule has 0 bridgehead atoms. The highest BCUT2D eigenvalue weighted by Gasteiger charge is 2.24. The number of hydrogen-bond donors (Lipinski definition) is 1. The first-order valence-electron chi connectivity index (χ1n) is 9.39. The highest BCUT2D eigenvalue weighted by Crippen LogP contribution is 2.28. The third-order valence-corrected chi connectivity index (χ3v) is 6.14. The van der Waals surface area contributed by atoms with Crippen molar-refractivity contribution in [3.8, 4) is 0 Å². The first kappa shape index (κ1) is 17.7. The van der Waals surface area contributed by atoms with Gasteiger partial charge < -0.3 is 9.64 Å². The number of rotatable bonds is 4. The molecule has 0 aromatic carbocycles. The minimum absolute atomic E-state index is 0.0532. The zero-order chi connectivity index (χ0) is 17.9. The summed E-state index contributed by atoms with van der Waals surface area (Å²) in [6, 6.07) is 6.10. The number of aromatic nitrogens is 2. The van der Waals surface area contributed by atoms with Crippen LogP contribution in [0.2, 0.25) is 0 Å². The van der Waals surface area contributed by atoms with Gasteiger partial charge in [-0.25, -0.2) is 4.98 Å². The van der Waals surface area contributed by atoms with Crippen LogP contribution in [0, 0.1) is 6.92 Å². The van der Waals surface area contributed by atoms with Crippen molar-refractivity contribution in [1.29, 1.82) is 0 Å². The van der Waals surface area contributed by atoms with E-state index in [9.17, 15) is 4.79 Å². The van der Waals surface area contributed by atoms with E-state index in [2.05, 4.69) is 33.8 Å². The van der Waals surface area contributed by atoms with Crippen molar-refractivity contribution < 1.29 is 4.74 Å². The number of morpholine rings is 1. The average Bonchev–Trinajstić information content (AvgIpc) is 3.07. The summed E-state index contributed by atoms with van der Waals surface area (Å²) in [5.74, 6) is 1.02. The van der Waals surface area contributed by atoms with Crippen LogP contribution in [0.5, 0.6) is 0 Å². The maximum atomic E-state index is 12.2. The summed E-state index contributed by atoms with van der Waals surface area (Å²) in [4.78, 5) is 27.3. The van der Waals surface area contributed by atoms with E-state index in [0.717, 1.165) is 51.3 Å². The van der Waals surface area contributed by atoms with Crippen LogP contribution in [0.1, 0.15) is 34.2 Å². The van der Waals surface area contributed by atoms with Crippen molar-refractivity contribution in [3.05, 3.63) is 44.0 Å². The van der Waals surface area contributed by atoms with Crippen LogP contribution < -0.4 is 10.5 Å². The molecule has 4 heterocycles. The van der Waals surface area contributed by atoms with E-state index in [-0.39, 0.29) is 5.56 Å². The molecule has 0 saturated carbocycles. The molecule has 4 rings (SSSR count). The molecule has 6 nitrogen and oxygen atoms in total. The van der Waals surface area contributed by atoms with Gasteiger partial charge in [-0.2, -0.15) is 0 Å². The van der Waals surface area contributed by atoms with Crippen LogP contribution in [-0.2, 0) is 11.3 Å². The molecule has 0 radical (unpaired) electrons. The summed E-state index contributed by atoms with van der Waals surface area (Å²) in [6.45, 7) is 8.16. The van der Waals surface area contributed by atoms with E-state index < -0.39 is 0 Å². The number of piperidine rings is 1. The molecule has 26 heavy (non-hydrogen) atoms. The van der Waals surface area contributed by atoms with Gasteiger partial charge in [0.25, 0.3) is 5.56 Å². The van der Waals surface area contributed by atoms with Gasteiger partial charge in [0, 0.05) is 47.9 Å². The number of nitrogens with zero attached hydrogens (tertiary/aromatic N) is 3. The minimum atomic E-state index is -0.0532. The third-order valence-electron chi connectivity index (χ3n) is 5.16. The minimum Gasteiger partial charge on any atom is -0.378 e. The van der Waals surface area contributed by atoms with Crippen molar-refractivity contribution >= 4 is 17.3 Å². The van der Waals surface area contributed by atoms with Crippen LogP contribution in [0.15, 0.2) is 23.0 Å². The summed E-state index contributed by atoms with van der Waals surface area (Å²) in [6.07, 6.45) is 2.25. The Hall–Kier alpha value is -1.70. The number of likely N-dealkylation sites (tertiary alicyclic amines) is 1. The van der Waals surface area contributed by atoms with Crippen molar-refractivity contribution in [2.24, 2.45) is 0 Å². The van der Waals surface area contributed by atoms with Gasteiger partial charge in [-0.1, -0.05) is 0 Å². The molecule has 2 aromatic rings. The van der Waals surface area contributed by atoms with E-state index >= 15 is 0 Å². The average molecular weight is 375 g/mol. The van der Waals surface area contributed by atoms with E-state index in [1.54, 1.807) is 6.07 Å². The molecule has 140 valence electrons. The molecule has 1 N–H and O–H groups in total. The predicted octanol–water partition coefficient (Wildman–Crippen LogP) is 2.36. The number of H-pyrrole nitrogens is 1. The Bertz CT molecular complexity index is 797. The lowest BCUT2D eigenvalue weighted by Crippen LogP contribution is -2.39. The molecule has 1 unspecified atom stereocenters. The second kappa shape index (κ2) is 7.90. The highest BCUT2D eigenvalue weighted by atomic mass is 32.1. The fourth-order valence-corrected chi connectivity index (χ4v) is 4.76. The summed E-state index contributed by atoms with van der Waals surface area (Å²) in [7, 11) is 0. The molecular formula is C19H26N4O2S. The Morgan fingerprint density at radius 1 is 1.31 bits per heavy atom. The number of nitrogens with one attached hydrogen (secondary N) is 1. The van der Waals surface area contributed by atoms with E-state index in [1.165, 1.54) is 9.75 Å². The molecule has 0 spiro atoms. The molecule has 2 fully saturated rings. The molecule has 0 aliphatic carbocycles. The smallest absolute Gasteiger partial charge is 0.252 e. The SMILES string of the molecule is Cc1ccc(CN2CCCC(c3cc(=O)[nH]c(N4CCOCC4)n3)C2)s1. The Kier molecular flexibility index (Phi) is 5.38. The van der Waals surface area contributed by atoms with Crippen LogP contribution in [0.4, 0.5) is 5.95 Å². The van der Waals surface area contributed by atoms with E-state index in [0.29, 0.717) is 25.1 Å². The number of hydrogen-bond acceptors (Lipinski definition) is 6. The molecule has 1 atom stereocenters. The topological polar surface area (TPSA) is 61.5 Å². The van der Waals surface area contributed by atoms with Gasteiger partial charge in [0.2, 0.25) is 5.95 Å². The molecular weight excluding hydrogens is 348 g/mol. The highest BCUT2D eigenvalue weighted by molar-refractivity contribution is 7.11. The van der Waals surface area contributed by atoms with Crippen molar-refractivity contribution in [2.45, 2.75) is 32.2 Å². The largest absolute Gasteiger partial charge is 0.378 e. The lowest BCUT2D eigenvalue weighted by molar-refractivity contribution is 0.122. The van der Waals surface area contributed by atoms with Crippen LogP contribution in [0.3, 0.4) is 0 Å². The summed E-state index contributed by atoms with van der Waals surface area (Å²) in [5, 5.41) is 0. The zero-order valence-corrected chi connectivity index (χ0v) is 16.1. The maximum Gasteiger partial charge on any atom is 0.252 e. The van der Waals surface area contributed by atoms with Crippen LogP contribution in [0.25, 0.3) is 0 Å². The first-order chi connectivity index (χ1) is 12.7. The zero-order valence-electron chi connectivity index (χ0n) is 15.2. The fraction of sp³-hybridized carbons (Fsp3) is 0.579. The van der Waals surface area contributed by atoms with Crippen molar-refractivity contribution in [1.82, 2.24) is 14.9 Å². The Labute approximate surface area is 157 Å². The third kappa shape index (κ3) is 4.16. The van der Waals surface area contributed by atoms with Crippen LogP contribution in [-0.4, -0.2) is 54.3 Å². The quantitative estimate of drug-likeness (QED) is 0.890. The van der Waals surface area contributed by atoms with E-state index in [4.69, 9.17) is 9.72 Å². The summed E-state index contributed by atoms with van der Waals surface area (Å²) in [5.41, 5.74) is 0.879. The van der Waals surface area contributed by atoms with Gasteiger partial charge in [-0.15, -0.1) is 11.3 Å². The van der Waals surface area contributed by atoms with Crippen molar-refractivity contribution in [2.75, 3.05) is 44.3 Å². The van der Waals surface area contributed by atoms with Gasteiger partial charge >= 0.3 is 0 Å². The van der Waals surface area contributed by atoms with Gasteiger partial charge in [0.05, 0.1) is 18.9 Å². The number of aryl methyl sites for hydroxylation is 1. The Morgan fingerprint density at radius 3 is 2.92 bits per heavy atom. The normalized spacial score (nSPS) is 21.9. The molecule has 2 aromatic heterocycles. The predicted molar refractivity (Wildman–Crippen MR) is 104 cm³/mol. The summed E-state index contributed by atoms with van der Waals surface area (Å²) >= 11 is 1.87. The second-order valence-corrected chi connectivity index (χ2v) is 8.55. The molecule has 2 aliphatic heterocycles. The van der Waals surface area contributed by atoms with Crippen LogP contribution >= 0.6 is 11.3 Å². The lowest BCUT2D eigenvalue weighted by atomic mass is 9.94. The summed E-state index contributed by atoms with van der Waals surface area (Å²) < 4.78 is 5.40. The lowest BCUT2D eigenvalue weighted by Gasteiger charge is -2.33. The monoisotopic (exact) mass is 374 g/mol. The first-order valence-corrected chi connectivity index (χ1v) is 10.2. The second-order valence-electron chi connectivity index (χ2n) is 7.18. The van der Waals surface area contributed by atoms with Gasteiger partial charge in [-0.05, 0) is 38.4 Å². The number of thiophene rings is 1. The van der Waals surface area contributed by atoms with Gasteiger partial charge in [0.1, 0.15) is 0 Å². The number of anilines is 1. The standard InChI is InChI=1S/C19H26N4O2S/c1-14-4-5-16(26-14)13-22-6-2-3-15(12-22)17-11-18(24)21-19(20-17)23-7-9-25-10-8-23/h4-5,11,15H,2-3,6-10,12-13H2,1H3,(H,20,21,24). The molecule has 2 saturated heterocycles. The van der Waals surface area contributed by atoms with Gasteiger partial charge in [0.15, 0.2) is 0 Å².